The molecule has 0 saturated carbocycles. The summed E-state index contributed by atoms with van der Waals surface area (Å²) in [5, 5.41) is 3.41. The molecule has 3 heteroatoms. The van der Waals surface area contributed by atoms with Crippen LogP contribution in [0.1, 0.15) is 16.7 Å². The van der Waals surface area contributed by atoms with E-state index in [1.165, 1.54) is 38.8 Å². The Balaban J connectivity index is 1.06. The Kier molecular flexibility index (Phi) is 11.0. The fraction of sp³-hybridized carbons (Fsp3) is 0.0167. The maximum atomic E-state index is 5.48. The lowest BCUT2D eigenvalue weighted by molar-refractivity contribution is 1.07. The summed E-state index contributed by atoms with van der Waals surface area (Å²) in [4.78, 5) is 15.0. The molecule has 0 aliphatic carbocycles. The highest BCUT2D eigenvalue weighted by Crippen LogP contribution is 2.41. The molecular formula is C60H43N3. The van der Waals surface area contributed by atoms with Gasteiger partial charge >= 0.3 is 0 Å². The molecule has 10 rings (SSSR count). The third-order valence-electron chi connectivity index (χ3n) is 11.7. The molecule has 0 aliphatic rings. The summed E-state index contributed by atoms with van der Waals surface area (Å²) < 4.78 is 0. The average molecular weight is 806 g/mol. The summed E-state index contributed by atoms with van der Waals surface area (Å²) in [6.45, 7) is 4.37. The van der Waals surface area contributed by atoms with E-state index in [1.807, 2.05) is 54.6 Å². The van der Waals surface area contributed by atoms with E-state index in [4.69, 9.17) is 9.98 Å². The molecule has 0 atom stereocenters. The molecule has 0 spiro atoms. The molecule has 9 aromatic carbocycles. The van der Waals surface area contributed by atoms with Crippen LogP contribution in [0.25, 0.3) is 83.1 Å². The molecule has 298 valence electrons. The van der Waals surface area contributed by atoms with Crippen molar-refractivity contribution in [3.8, 4) is 55.8 Å². The Labute approximate surface area is 368 Å². The zero-order valence-corrected chi connectivity index (χ0v) is 34.8. The number of nitrogens with zero attached hydrogens (tertiary/aromatic N) is 3. The molecular weight excluding hydrogens is 763 g/mol. The molecule has 1 heterocycles. The van der Waals surface area contributed by atoms with Gasteiger partial charge in [0.05, 0.1) is 29.2 Å². The van der Waals surface area contributed by atoms with Crippen LogP contribution < -0.4 is 0 Å². The molecule has 0 saturated heterocycles. The van der Waals surface area contributed by atoms with E-state index in [9.17, 15) is 0 Å². The molecule has 0 fully saturated rings. The molecule has 0 N–H and O–H groups in total. The number of hydrogen-bond acceptors (Lipinski definition) is 3. The van der Waals surface area contributed by atoms with Crippen LogP contribution in [0, 0.1) is 0 Å². The predicted octanol–water partition coefficient (Wildman–Crippen LogP) is 15.5. The maximum absolute atomic E-state index is 5.48. The maximum Gasteiger partial charge on any atom is 0.0794 e. The number of rotatable bonds is 11. The minimum atomic E-state index is 0.504. The van der Waals surface area contributed by atoms with Crippen molar-refractivity contribution in [2.45, 2.75) is 6.54 Å². The van der Waals surface area contributed by atoms with Crippen LogP contribution in [0.4, 0.5) is 0 Å². The van der Waals surface area contributed by atoms with E-state index >= 15 is 0 Å². The second-order valence-corrected chi connectivity index (χ2v) is 15.6. The van der Waals surface area contributed by atoms with Crippen LogP contribution in [-0.4, -0.2) is 17.4 Å². The quantitative estimate of drug-likeness (QED) is 0.0948. The minimum Gasteiger partial charge on any atom is -0.280 e. The van der Waals surface area contributed by atoms with Gasteiger partial charge in [0.15, 0.2) is 0 Å². The highest BCUT2D eigenvalue weighted by molar-refractivity contribution is 6.16. The van der Waals surface area contributed by atoms with Crippen LogP contribution in [0.3, 0.4) is 0 Å². The highest BCUT2D eigenvalue weighted by atomic mass is 14.8. The monoisotopic (exact) mass is 805 g/mol. The number of benzene rings is 9. The molecule has 0 bridgehead atoms. The van der Waals surface area contributed by atoms with Crippen LogP contribution in [0.2, 0.25) is 0 Å². The summed E-state index contributed by atoms with van der Waals surface area (Å²) in [6.07, 6.45) is 2.02. The number of fused-ring (bicyclic) bond motifs is 3. The van der Waals surface area contributed by atoms with E-state index in [2.05, 4.69) is 194 Å². The molecule has 3 nitrogen and oxygen atoms in total. The number of aliphatic imine (C=N–C) groups is 2. The first-order valence-electron chi connectivity index (χ1n) is 21.3. The SMILES string of the molecule is C=N/C(=C\C(=NCc1ccc(-c2cc(-c3ccc(-c4ccccc4)cc3)c3cc(-c4ccc(-c5ccccc5)cc4)c4ccccc4c3n2)cc1)c1ccccc1)c1ccccc1. The molecule has 0 unspecified atom stereocenters. The Morgan fingerprint density at radius 2 is 0.857 bits per heavy atom. The Morgan fingerprint density at radius 3 is 1.41 bits per heavy atom. The fourth-order valence-corrected chi connectivity index (χ4v) is 8.37. The molecule has 63 heavy (non-hydrogen) atoms. The number of allylic oxidation sites excluding steroid dienone is 1. The molecule has 0 radical (unpaired) electrons. The first kappa shape index (κ1) is 38.9. The average Bonchev–Trinajstić information content (AvgIpc) is 3.37. The molecule has 0 amide bonds. The van der Waals surface area contributed by atoms with Crippen LogP contribution in [0.15, 0.2) is 247 Å². The van der Waals surface area contributed by atoms with Crippen molar-refractivity contribution in [2.24, 2.45) is 9.98 Å². The zero-order chi connectivity index (χ0) is 42.4. The number of pyridine rings is 1. The number of hydrogen-bond donors (Lipinski definition) is 0. The molecule has 0 aliphatic heterocycles. The van der Waals surface area contributed by atoms with Gasteiger partial charge in [0.25, 0.3) is 0 Å². The van der Waals surface area contributed by atoms with Gasteiger partial charge in [-0.25, -0.2) is 4.98 Å². The van der Waals surface area contributed by atoms with Crippen LogP contribution in [-0.2, 0) is 6.54 Å². The highest BCUT2D eigenvalue weighted by Gasteiger charge is 2.17. The van der Waals surface area contributed by atoms with Crippen molar-refractivity contribution in [2.75, 3.05) is 0 Å². The first-order valence-corrected chi connectivity index (χ1v) is 21.3. The van der Waals surface area contributed by atoms with Crippen molar-refractivity contribution in [3.63, 3.8) is 0 Å². The van der Waals surface area contributed by atoms with E-state index in [1.54, 1.807) is 0 Å². The van der Waals surface area contributed by atoms with Crippen molar-refractivity contribution < 1.29 is 0 Å². The lowest BCUT2D eigenvalue weighted by atomic mass is 9.90. The third-order valence-corrected chi connectivity index (χ3v) is 11.7. The van der Waals surface area contributed by atoms with Gasteiger partial charge in [0.1, 0.15) is 0 Å². The zero-order valence-electron chi connectivity index (χ0n) is 34.8. The van der Waals surface area contributed by atoms with Gasteiger partial charge < -0.3 is 0 Å². The van der Waals surface area contributed by atoms with Gasteiger partial charge in [-0.15, -0.1) is 0 Å². The second-order valence-electron chi connectivity index (χ2n) is 15.6. The van der Waals surface area contributed by atoms with Crippen LogP contribution in [0.5, 0.6) is 0 Å². The fourth-order valence-electron chi connectivity index (χ4n) is 8.37. The van der Waals surface area contributed by atoms with E-state index < -0.39 is 0 Å². The van der Waals surface area contributed by atoms with Gasteiger partial charge in [0.2, 0.25) is 0 Å². The van der Waals surface area contributed by atoms with Crippen molar-refractivity contribution in [1.29, 1.82) is 0 Å². The van der Waals surface area contributed by atoms with Gasteiger partial charge in [-0.2, -0.15) is 0 Å². The summed E-state index contributed by atoms with van der Waals surface area (Å²) >= 11 is 0. The van der Waals surface area contributed by atoms with Crippen molar-refractivity contribution in [1.82, 2.24) is 4.98 Å². The van der Waals surface area contributed by atoms with Gasteiger partial charge in [0, 0.05) is 21.9 Å². The second kappa shape index (κ2) is 17.8. The first-order chi connectivity index (χ1) is 31.2. The summed E-state index contributed by atoms with van der Waals surface area (Å²) in [7, 11) is 0. The van der Waals surface area contributed by atoms with E-state index in [0.717, 1.165) is 66.8 Å². The smallest absolute Gasteiger partial charge is 0.0794 e. The van der Waals surface area contributed by atoms with Crippen molar-refractivity contribution in [3.05, 3.63) is 253 Å². The standard InChI is InChI=1S/C60H43N3/c1-61-57(49-20-10-4-11-21-49)40-58(50-22-12-5-13-23-50)62-41-42-26-28-51(29-27-42)59-39-55(48-36-32-46(33-37-48)44-18-8-3-9-19-44)56-38-54(52-24-14-15-25-53(52)60(56)63-59)47-34-30-45(31-35-47)43-16-6-2-7-17-43/h2-40H,1,41H2/b57-40-,62-58?. The molecule has 10 aromatic rings. The predicted molar refractivity (Wildman–Crippen MR) is 267 cm³/mol. The topological polar surface area (TPSA) is 37.6 Å². The third kappa shape index (κ3) is 8.29. The number of aromatic nitrogens is 1. The van der Waals surface area contributed by atoms with Gasteiger partial charge in [-0.1, -0.05) is 218 Å². The van der Waals surface area contributed by atoms with E-state index in [-0.39, 0.29) is 0 Å². The summed E-state index contributed by atoms with van der Waals surface area (Å²) in [5.41, 5.74) is 17.1. The lowest BCUT2D eigenvalue weighted by Gasteiger charge is -2.16. The Bertz CT molecular complexity index is 3250. The van der Waals surface area contributed by atoms with Gasteiger partial charge in [-0.05, 0) is 85.9 Å². The van der Waals surface area contributed by atoms with Crippen molar-refractivity contribution >= 4 is 39.8 Å². The minimum absolute atomic E-state index is 0.504. The van der Waals surface area contributed by atoms with Crippen LogP contribution >= 0.6 is 0 Å². The molecule has 1 aromatic heterocycles. The Hall–Kier alpha value is -8.27. The van der Waals surface area contributed by atoms with E-state index in [0.29, 0.717) is 6.54 Å². The van der Waals surface area contributed by atoms with Gasteiger partial charge in [-0.3, -0.25) is 9.98 Å². The lowest BCUT2D eigenvalue weighted by Crippen LogP contribution is -2.00. The summed E-state index contributed by atoms with van der Waals surface area (Å²) in [5.74, 6) is 0. The normalized spacial score (nSPS) is 11.8. The Morgan fingerprint density at radius 1 is 0.413 bits per heavy atom. The summed E-state index contributed by atoms with van der Waals surface area (Å²) in [6, 6.07) is 81.3. The largest absolute Gasteiger partial charge is 0.280 e.